The molecular formula is C48H72ClNO5. The molecule has 2 bridgehead atoms. The van der Waals surface area contributed by atoms with E-state index < -0.39 is 11.9 Å². The zero-order valence-corrected chi connectivity index (χ0v) is 34.9. The van der Waals surface area contributed by atoms with Gasteiger partial charge in [-0.3, -0.25) is 4.79 Å². The number of halogens is 1. The summed E-state index contributed by atoms with van der Waals surface area (Å²) in [4.78, 5) is 28.7. The molecule has 55 heavy (non-hydrogen) atoms. The summed E-state index contributed by atoms with van der Waals surface area (Å²) in [6.07, 6.45) is 27.9. The van der Waals surface area contributed by atoms with Crippen LogP contribution in [0.15, 0.2) is 60.7 Å². The Morgan fingerprint density at radius 1 is 0.655 bits per heavy atom. The predicted molar refractivity (Wildman–Crippen MR) is 217 cm³/mol. The molecule has 6 nitrogen and oxygen atoms in total. The second-order valence-electron chi connectivity index (χ2n) is 17.4. The summed E-state index contributed by atoms with van der Waals surface area (Å²) in [5.74, 6) is -0.577. The second kappa shape index (κ2) is 22.5. The number of unbranched alkanes of at least 4 members (excludes halogenated alkanes) is 12. The van der Waals surface area contributed by atoms with Crippen LogP contribution in [-0.2, 0) is 29.4 Å². The molecule has 4 aliphatic rings. The van der Waals surface area contributed by atoms with Gasteiger partial charge in [-0.1, -0.05) is 164 Å². The van der Waals surface area contributed by atoms with Gasteiger partial charge in [0, 0.05) is 50.9 Å². The molecule has 1 spiro atoms. The number of quaternary nitrogens is 1. The van der Waals surface area contributed by atoms with Crippen molar-refractivity contribution in [1.82, 2.24) is 0 Å². The van der Waals surface area contributed by atoms with Gasteiger partial charge in [-0.25, -0.2) is 4.79 Å². The molecular weight excluding hydrogens is 706 g/mol. The number of ether oxygens (including phenoxy) is 3. The van der Waals surface area contributed by atoms with Crippen LogP contribution < -0.4 is 12.4 Å². The Hall–Kier alpha value is -2.41. The number of benzene rings is 2. The van der Waals surface area contributed by atoms with E-state index in [1.165, 1.54) is 114 Å². The van der Waals surface area contributed by atoms with Gasteiger partial charge in [-0.15, -0.1) is 0 Å². The summed E-state index contributed by atoms with van der Waals surface area (Å²) in [7, 11) is 0. The first kappa shape index (κ1) is 43.7. The maximum Gasteiger partial charge on any atom is 0.348 e. The standard InChI is InChI=1S/C48H72NO5.ClH/c1-2-3-4-5-6-7-8-9-10-11-12-13-23-32-45(50)53-46(39-26-17-14-18-27-39)54-48(40-28-19-15-20-29-40,41-30-21-16-22-31-41)47(51)52-44-37-42-33-34-43(38-44)49(42)35-24-25-36-49;/h15-16,19-22,28-31,39,42-44,46H,2-14,17-18,23-27,32-38H2,1H3;1H/q+1;/p-1. The van der Waals surface area contributed by atoms with Crippen molar-refractivity contribution >= 4 is 11.9 Å². The molecule has 0 aromatic heterocycles. The monoisotopic (exact) mass is 778 g/mol. The summed E-state index contributed by atoms with van der Waals surface area (Å²) in [5.41, 5.74) is -0.121. The summed E-state index contributed by atoms with van der Waals surface area (Å²) >= 11 is 0. The molecule has 0 amide bonds. The van der Waals surface area contributed by atoms with Crippen LogP contribution in [0.25, 0.3) is 0 Å². The third-order valence-corrected chi connectivity index (χ3v) is 13.7. The highest BCUT2D eigenvalue weighted by molar-refractivity contribution is 5.86. The molecule has 3 saturated heterocycles. The van der Waals surface area contributed by atoms with E-state index in [0.717, 1.165) is 68.9 Å². The van der Waals surface area contributed by atoms with Crippen LogP contribution in [-0.4, -0.2) is 54.0 Å². The zero-order chi connectivity index (χ0) is 37.5. The Morgan fingerprint density at radius 3 is 1.65 bits per heavy atom. The van der Waals surface area contributed by atoms with Gasteiger partial charge in [-0.2, -0.15) is 0 Å². The van der Waals surface area contributed by atoms with E-state index in [4.69, 9.17) is 14.2 Å². The molecule has 7 heteroatoms. The smallest absolute Gasteiger partial charge is 0.348 e. The second-order valence-corrected chi connectivity index (χ2v) is 17.4. The van der Waals surface area contributed by atoms with Gasteiger partial charge >= 0.3 is 11.9 Å². The lowest BCUT2D eigenvalue weighted by molar-refractivity contribution is -0.956. The van der Waals surface area contributed by atoms with Crippen LogP contribution in [0.5, 0.6) is 0 Å². The molecule has 6 rings (SSSR count). The van der Waals surface area contributed by atoms with Gasteiger partial charge in [0.1, 0.15) is 6.10 Å². The van der Waals surface area contributed by atoms with Gasteiger partial charge in [0.25, 0.3) is 0 Å². The predicted octanol–water partition coefficient (Wildman–Crippen LogP) is 8.73. The average Bonchev–Trinajstić information content (AvgIpc) is 3.75. The van der Waals surface area contributed by atoms with Crippen molar-refractivity contribution in [3.8, 4) is 0 Å². The van der Waals surface area contributed by atoms with Crippen molar-refractivity contribution in [2.75, 3.05) is 13.1 Å². The maximum absolute atomic E-state index is 15.1. The van der Waals surface area contributed by atoms with Crippen molar-refractivity contribution in [2.45, 2.75) is 198 Å². The van der Waals surface area contributed by atoms with Crippen molar-refractivity contribution in [1.29, 1.82) is 0 Å². The molecule has 3 heterocycles. The highest BCUT2D eigenvalue weighted by Crippen LogP contribution is 2.47. The van der Waals surface area contributed by atoms with Crippen molar-refractivity contribution < 1.29 is 40.7 Å². The molecule has 0 N–H and O–H groups in total. The van der Waals surface area contributed by atoms with Crippen LogP contribution >= 0.6 is 0 Å². The fourth-order valence-electron chi connectivity index (χ4n) is 10.7. The topological polar surface area (TPSA) is 61.8 Å². The number of nitrogens with zero attached hydrogens (tertiary/aromatic N) is 1. The molecule has 2 aromatic rings. The zero-order valence-electron chi connectivity index (χ0n) is 34.1. The van der Waals surface area contributed by atoms with Crippen LogP contribution in [0, 0.1) is 5.92 Å². The minimum absolute atomic E-state index is 0. The fraction of sp³-hybridized carbons (Fsp3) is 0.708. The number of carbonyl (C=O) groups is 2. The summed E-state index contributed by atoms with van der Waals surface area (Å²) < 4.78 is 21.5. The van der Waals surface area contributed by atoms with Crippen LogP contribution in [0.4, 0.5) is 0 Å². The molecule has 3 unspecified atom stereocenters. The van der Waals surface area contributed by atoms with E-state index in [9.17, 15) is 4.79 Å². The lowest BCUT2D eigenvalue weighted by atomic mass is 9.84. The Labute approximate surface area is 339 Å². The first-order chi connectivity index (χ1) is 26.5. The minimum Gasteiger partial charge on any atom is -1.00 e. The maximum atomic E-state index is 15.1. The van der Waals surface area contributed by atoms with Gasteiger partial charge in [0.2, 0.25) is 11.9 Å². The first-order valence-electron chi connectivity index (χ1n) is 22.6. The van der Waals surface area contributed by atoms with Gasteiger partial charge in [0.05, 0.1) is 25.2 Å². The molecule has 0 radical (unpaired) electrons. The van der Waals surface area contributed by atoms with Crippen LogP contribution in [0.3, 0.4) is 0 Å². The van der Waals surface area contributed by atoms with E-state index in [1.54, 1.807) is 0 Å². The van der Waals surface area contributed by atoms with Crippen LogP contribution in [0.1, 0.15) is 179 Å². The van der Waals surface area contributed by atoms with Gasteiger partial charge in [0.15, 0.2) is 0 Å². The number of carbonyl (C=O) groups excluding carboxylic acids is 2. The van der Waals surface area contributed by atoms with E-state index in [1.807, 2.05) is 60.7 Å². The Kier molecular flexibility index (Phi) is 17.9. The van der Waals surface area contributed by atoms with E-state index in [2.05, 4.69) is 6.92 Å². The van der Waals surface area contributed by atoms with Crippen LogP contribution in [0.2, 0.25) is 0 Å². The third kappa shape index (κ3) is 11.4. The number of piperidine rings is 1. The number of hydrogen-bond donors (Lipinski definition) is 0. The third-order valence-electron chi connectivity index (χ3n) is 13.7. The number of rotatable bonds is 22. The van der Waals surface area contributed by atoms with E-state index in [0.29, 0.717) is 18.5 Å². The lowest BCUT2D eigenvalue weighted by Crippen LogP contribution is -3.00. The van der Waals surface area contributed by atoms with Crippen molar-refractivity contribution in [3.05, 3.63) is 71.8 Å². The van der Waals surface area contributed by atoms with Crippen molar-refractivity contribution in [3.63, 3.8) is 0 Å². The van der Waals surface area contributed by atoms with E-state index >= 15 is 4.79 Å². The first-order valence-corrected chi connectivity index (χ1v) is 22.6. The molecule has 4 fully saturated rings. The molecule has 3 aliphatic heterocycles. The molecule has 3 atom stereocenters. The Morgan fingerprint density at radius 2 is 1.15 bits per heavy atom. The fourth-order valence-corrected chi connectivity index (χ4v) is 10.7. The highest BCUT2D eigenvalue weighted by atomic mass is 35.5. The van der Waals surface area contributed by atoms with Gasteiger partial charge in [-0.05, 0) is 30.4 Å². The average molecular weight is 779 g/mol. The summed E-state index contributed by atoms with van der Waals surface area (Å²) in [5, 5.41) is 0. The molecule has 2 aromatic carbocycles. The molecule has 1 saturated carbocycles. The minimum atomic E-state index is -1.56. The largest absolute Gasteiger partial charge is 1.00 e. The van der Waals surface area contributed by atoms with E-state index in [-0.39, 0.29) is 36.4 Å². The molecule has 1 aliphatic carbocycles. The van der Waals surface area contributed by atoms with Crippen molar-refractivity contribution in [2.24, 2.45) is 5.92 Å². The normalized spacial score (nSPS) is 22.6. The number of esters is 2. The number of hydrogen-bond acceptors (Lipinski definition) is 5. The van der Waals surface area contributed by atoms with Gasteiger partial charge < -0.3 is 31.1 Å². The highest BCUT2D eigenvalue weighted by Gasteiger charge is 2.57. The summed E-state index contributed by atoms with van der Waals surface area (Å²) in [6.45, 7) is 4.84. The summed E-state index contributed by atoms with van der Waals surface area (Å²) in [6, 6.07) is 20.8. The lowest BCUT2D eigenvalue weighted by Gasteiger charge is -2.47. The Balaban J connectivity index is 0.00000580. The SMILES string of the molecule is CCCCCCCCCCCCCCCC(=O)OC(OC(C(=O)OC1CC2CCC(C1)[N+]21CCCC1)(c1ccccc1)c1ccccc1)C1CCCCC1.[Cl-]. The molecule has 306 valence electrons. The quantitative estimate of drug-likeness (QED) is 0.0518. The Bertz CT molecular complexity index is 1340.